The summed E-state index contributed by atoms with van der Waals surface area (Å²) >= 11 is 1.78. The molecule has 2 nitrogen and oxygen atoms in total. The molecule has 0 saturated heterocycles. The fraction of sp³-hybridized carbons (Fsp3) is 0.154. The summed E-state index contributed by atoms with van der Waals surface area (Å²) in [6.45, 7) is 0. The van der Waals surface area contributed by atoms with Crippen molar-refractivity contribution in [3.05, 3.63) is 54.2 Å². The van der Waals surface area contributed by atoms with Gasteiger partial charge in [-0.05, 0) is 36.2 Å². The number of rotatable bonds is 4. The van der Waals surface area contributed by atoms with Crippen LogP contribution >= 0.6 is 11.8 Å². The molecule has 0 radical (unpaired) electrons. The molecule has 0 atom stereocenters. The predicted molar refractivity (Wildman–Crippen MR) is 69.5 cm³/mol. The number of aromatic nitrogens is 1. The molecule has 3 heteroatoms. The minimum Gasteiger partial charge on any atom is -0.399 e. The van der Waals surface area contributed by atoms with Crippen molar-refractivity contribution in [1.29, 1.82) is 0 Å². The van der Waals surface area contributed by atoms with Crippen molar-refractivity contribution >= 4 is 17.4 Å². The van der Waals surface area contributed by atoms with Gasteiger partial charge in [0.25, 0.3) is 0 Å². The van der Waals surface area contributed by atoms with Gasteiger partial charge in [0, 0.05) is 17.6 Å². The third-order valence-corrected chi connectivity index (χ3v) is 3.20. The van der Waals surface area contributed by atoms with Gasteiger partial charge < -0.3 is 5.73 Å². The first-order valence-electron chi connectivity index (χ1n) is 5.23. The van der Waals surface area contributed by atoms with Crippen LogP contribution in [0, 0.1) is 0 Å². The maximum absolute atomic E-state index is 5.63. The van der Waals surface area contributed by atoms with Crippen LogP contribution in [0.15, 0.2) is 53.7 Å². The number of anilines is 1. The van der Waals surface area contributed by atoms with E-state index >= 15 is 0 Å². The molecule has 16 heavy (non-hydrogen) atoms. The van der Waals surface area contributed by atoms with Crippen LogP contribution in [0.2, 0.25) is 0 Å². The lowest BCUT2D eigenvalue weighted by Gasteiger charge is -2.01. The van der Waals surface area contributed by atoms with Crippen LogP contribution < -0.4 is 5.73 Å². The summed E-state index contributed by atoms with van der Waals surface area (Å²) in [5.74, 6) is 1.04. The number of aryl methyl sites for hydroxylation is 1. The first-order chi connectivity index (χ1) is 7.84. The minimum atomic E-state index is 0.820. The number of hydrogen-bond donors (Lipinski definition) is 1. The van der Waals surface area contributed by atoms with Gasteiger partial charge in [0.15, 0.2) is 0 Å². The van der Waals surface area contributed by atoms with Gasteiger partial charge in [0.1, 0.15) is 0 Å². The topological polar surface area (TPSA) is 38.9 Å². The first kappa shape index (κ1) is 11.0. The lowest BCUT2D eigenvalue weighted by Crippen LogP contribution is -1.90. The minimum absolute atomic E-state index is 0.820. The molecule has 1 aromatic carbocycles. The monoisotopic (exact) mass is 230 g/mol. The molecule has 0 spiro atoms. The maximum atomic E-state index is 5.63. The van der Waals surface area contributed by atoms with Crippen molar-refractivity contribution in [2.75, 3.05) is 11.5 Å². The second-order valence-corrected chi connectivity index (χ2v) is 4.62. The van der Waals surface area contributed by atoms with Crippen molar-refractivity contribution in [2.45, 2.75) is 11.4 Å². The van der Waals surface area contributed by atoms with Crippen LogP contribution in [0.25, 0.3) is 0 Å². The maximum Gasteiger partial charge on any atom is 0.0959 e. The Hall–Kier alpha value is -1.48. The van der Waals surface area contributed by atoms with Crippen LogP contribution in [-0.4, -0.2) is 10.7 Å². The molecular weight excluding hydrogens is 216 g/mol. The molecule has 82 valence electrons. The van der Waals surface area contributed by atoms with Crippen LogP contribution in [0.3, 0.4) is 0 Å². The van der Waals surface area contributed by atoms with Crippen LogP contribution in [0.1, 0.15) is 5.56 Å². The van der Waals surface area contributed by atoms with Gasteiger partial charge in [0.2, 0.25) is 0 Å². The van der Waals surface area contributed by atoms with E-state index in [0.29, 0.717) is 0 Å². The van der Waals surface area contributed by atoms with E-state index in [2.05, 4.69) is 17.1 Å². The Balaban J connectivity index is 1.82. The van der Waals surface area contributed by atoms with Gasteiger partial charge >= 0.3 is 0 Å². The number of nitrogen functional groups attached to an aromatic ring is 1. The zero-order valence-electron chi connectivity index (χ0n) is 8.97. The van der Waals surface area contributed by atoms with E-state index in [1.54, 1.807) is 11.8 Å². The second-order valence-electron chi connectivity index (χ2n) is 3.51. The quantitative estimate of drug-likeness (QED) is 0.648. The van der Waals surface area contributed by atoms with Crippen molar-refractivity contribution < 1.29 is 0 Å². The summed E-state index contributed by atoms with van der Waals surface area (Å²) in [7, 11) is 0. The highest BCUT2D eigenvalue weighted by atomic mass is 32.2. The highest BCUT2D eigenvalue weighted by Crippen LogP contribution is 2.16. The Labute approximate surface area is 99.9 Å². The molecule has 0 unspecified atom stereocenters. The summed E-state index contributed by atoms with van der Waals surface area (Å²) < 4.78 is 0. The Kier molecular flexibility index (Phi) is 3.83. The van der Waals surface area contributed by atoms with Gasteiger partial charge in [-0.3, -0.25) is 0 Å². The Morgan fingerprint density at radius 1 is 1.06 bits per heavy atom. The van der Waals surface area contributed by atoms with Gasteiger partial charge in [-0.15, -0.1) is 11.8 Å². The third-order valence-electron chi connectivity index (χ3n) is 2.26. The zero-order chi connectivity index (χ0) is 11.2. The number of thioether (sulfide) groups is 1. The normalized spacial score (nSPS) is 10.2. The largest absolute Gasteiger partial charge is 0.399 e. The molecule has 2 N–H and O–H groups in total. The number of benzene rings is 1. The van der Waals surface area contributed by atoms with Crippen molar-refractivity contribution in [3.8, 4) is 0 Å². The average molecular weight is 230 g/mol. The molecule has 2 aromatic rings. The van der Waals surface area contributed by atoms with Gasteiger partial charge in [-0.25, -0.2) is 4.98 Å². The Morgan fingerprint density at radius 3 is 2.56 bits per heavy atom. The van der Waals surface area contributed by atoms with Gasteiger partial charge in [-0.2, -0.15) is 0 Å². The summed E-state index contributed by atoms with van der Waals surface area (Å²) in [5, 5.41) is 1.08. The average Bonchev–Trinajstić information content (AvgIpc) is 2.33. The predicted octanol–water partition coefficient (Wildman–Crippen LogP) is 3.00. The van der Waals surface area contributed by atoms with Crippen molar-refractivity contribution in [1.82, 2.24) is 4.98 Å². The van der Waals surface area contributed by atoms with E-state index in [9.17, 15) is 0 Å². The fourth-order valence-electron chi connectivity index (χ4n) is 1.39. The van der Waals surface area contributed by atoms with Gasteiger partial charge in [0.05, 0.1) is 5.03 Å². The smallest absolute Gasteiger partial charge is 0.0959 e. The van der Waals surface area contributed by atoms with Crippen molar-refractivity contribution in [2.24, 2.45) is 0 Å². The molecule has 0 aliphatic heterocycles. The molecule has 0 aliphatic carbocycles. The van der Waals surface area contributed by atoms with E-state index in [-0.39, 0.29) is 0 Å². The molecule has 0 fully saturated rings. The van der Waals surface area contributed by atoms with E-state index in [0.717, 1.165) is 22.9 Å². The molecule has 2 rings (SSSR count). The second kappa shape index (κ2) is 5.56. The van der Waals surface area contributed by atoms with Crippen LogP contribution in [0.4, 0.5) is 5.69 Å². The van der Waals surface area contributed by atoms with E-state index < -0.39 is 0 Å². The number of nitrogens with zero attached hydrogens (tertiary/aromatic N) is 1. The fourth-order valence-corrected chi connectivity index (χ4v) is 2.25. The van der Waals surface area contributed by atoms with Gasteiger partial charge in [-0.1, -0.05) is 18.2 Å². The summed E-state index contributed by atoms with van der Waals surface area (Å²) in [6, 6.07) is 14.0. The van der Waals surface area contributed by atoms with Crippen LogP contribution in [0.5, 0.6) is 0 Å². The summed E-state index contributed by atoms with van der Waals surface area (Å²) in [4.78, 5) is 4.27. The standard InChI is InChI=1S/C13H14N2S/c14-12-6-4-11(5-7-12)8-10-16-13-3-1-2-9-15-13/h1-7,9H,8,10,14H2. The van der Waals surface area contributed by atoms with E-state index in [1.165, 1.54) is 5.56 Å². The lowest BCUT2D eigenvalue weighted by molar-refractivity contribution is 1.11. The summed E-state index contributed by atoms with van der Waals surface area (Å²) in [6.07, 6.45) is 2.87. The third kappa shape index (κ3) is 3.28. The number of pyridine rings is 1. The lowest BCUT2D eigenvalue weighted by atomic mass is 10.2. The SMILES string of the molecule is Nc1ccc(CCSc2ccccn2)cc1. The molecule has 1 heterocycles. The Morgan fingerprint density at radius 2 is 1.88 bits per heavy atom. The zero-order valence-corrected chi connectivity index (χ0v) is 9.78. The number of hydrogen-bond acceptors (Lipinski definition) is 3. The van der Waals surface area contributed by atoms with E-state index in [1.807, 2.05) is 36.5 Å². The molecule has 1 aromatic heterocycles. The number of nitrogens with two attached hydrogens (primary N) is 1. The molecular formula is C13H14N2S. The highest BCUT2D eigenvalue weighted by Gasteiger charge is 1.96. The Bertz CT molecular complexity index is 425. The molecule has 0 aliphatic rings. The molecule has 0 saturated carbocycles. The van der Waals surface area contributed by atoms with Crippen molar-refractivity contribution in [3.63, 3.8) is 0 Å². The summed E-state index contributed by atoms with van der Waals surface area (Å²) in [5.41, 5.74) is 7.77. The van der Waals surface area contributed by atoms with E-state index in [4.69, 9.17) is 5.73 Å². The van der Waals surface area contributed by atoms with Crippen LogP contribution in [-0.2, 0) is 6.42 Å². The first-order valence-corrected chi connectivity index (χ1v) is 6.21. The molecule has 0 bridgehead atoms. The molecule has 0 amide bonds. The highest BCUT2D eigenvalue weighted by molar-refractivity contribution is 7.99.